The van der Waals surface area contributed by atoms with Crippen LogP contribution in [0.4, 0.5) is 0 Å². The van der Waals surface area contributed by atoms with Crippen molar-refractivity contribution in [3.63, 3.8) is 0 Å². The molecule has 5 rings (SSSR count). The number of nitrogens with one attached hydrogen (secondary N) is 1. The number of fused-ring (bicyclic) bond motifs is 3. The number of β-amino-alcohol motifs (C(OH)–C–C–N with tert-alkyl or cyclic N) is 1. The number of hydrogen-bond donors (Lipinski definition) is 2. The molecule has 1 aliphatic heterocycles. The Morgan fingerprint density at radius 1 is 1.31 bits per heavy atom. The zero-order chi connectivity index (χ0) is 20.1. The van der Waals surface area contributed by atoms with Crippen LogP contribution >= 0.6 is 11.3 Å². The molecule has 0 spiro atoms. The summed E-state index contributed by atoms with van der Waals surface area (Å²) < 4.78 is 1.82. The van der Waals surface area contributed by atoms with Gasteiger partial charge >= 0.3 is 0 Å². The van der Waals surface area contributed by atoms with Crippen LogP contribution in [0.3, 0.4) is 0 Å². The van der Waals surface area contributed by atoms with Gasteiger partial charge in [-0.15, -0.1) is 11.3 Å². The van der Waals surface area contributed by atoms with Crippen molar-refractivity contribution in [1.82, 2.24) is 19.7 Å². The third kappa shape index (κ3) is 3.10. The van der Waals surface area contributed by atoms with Crippen LogP contribution in [0.25, 0.3) is 32.2 Å². The van der Waals surface area contributed by atoms with E-state index in [0.717, 1.165) is 53.7 Å². The number of aliphatic hydroxyl groups is 1. The highest BCUT2D eigenvalue weighted by molar-refractivity contribution is 7.15. The van der Waals surface area contributed by atoms with Crippen molar-refractivity contribution in [3.8, 4) is 10.4 Å². The molecule has 0 bridgehead atoms. The molecule has 2 N–H and O–H groups in total. The fraction of sp³-hybridized carbons (Fsp3) is 0.364. The summed E-state index contributed by atoms with van der Waals surface area (Å²) in [6.45, 7) is 7.11. The van der Waals surface area contributed by atoms with Gasteiger partial charge in [-0.2, -0.15) is 5.10 Å². The molecular weight excluding hydrogens is 384 g/mol. The minimum Gasteiger partial charge on any atom is -0.392 e. The number of nitrogens with zero attached hydrogens (tertiary/aromatic N) is 3. The SMILES string of the molecule is CCn1c(=O)c2c(C)[nH]nc2c2cc(-c3ccc(CN4CC[C@H](O)C4)s3)ccc21. The third-order valence-electron chi connectivity index (χ3n) is 5.84. The zero-order valence-corrected chi connectivity index (χ0v) is 17.4. The van der Waals surface area contributed by atoms with Gasteiger partial charge in [-0.05, 0) is 50.1 Å². The van der Waals surface area contributed by atoms with Crippen molar-refractivity contribution in [2.24, 2.45) is 0 Å². The first-order chi connectivity index (χ1) is 14.0. The van der Waals surface area contributed by atoms with Crippen molar-refractivity contribution in [1.29, 1.82) is 0 Å². The molecule has 4 heterocycles. The van der Waals surface area contributed by atoms with Crippen LogP contribution in [0.1, 0.15) is 23.9 Å². The number of aryl methyl sites for hydroxylation is 2. The largest absolute Gasteiger partial charge is 0.392 e. The Hall–Kier alpha value is -2.48. The van der Waals surface area contributed by atoms with Gasteiger partial charge in [-0.25, -0.2) is 0 Å². The Labute approximate surface area is 172 Å². The van der Waals surface area contributed by atoms with Crippen LogP contribution in [0.5, 0.6) is 0 Å². The van der Waals surface area contributed by atoms with E-state index in [-0.39, 0.29) is 11.7 Å². The number of benzene rings is 1. The molecule has 0 saturated carbocycles. The number of thiophene rings is 1. The van der Waals surface area contributed by atoms with Gasteiger partial charge in [0.15, 0.2) is 0 Å². The molecule has 150 valence electrons. The maximum atomic E-state index is 12.9. The van der Waals surface area contributed by atoms with E-state index in [9.17, 15) is 9.90 Å². The molecule has 1 atom stereocenters. The number of H-pyrrole nitrogens is 1. The fourth-order valence-corrected chi connectivity index (χ4v) is 5.40. The van der Waals surface area contributed by atoms with Crippen LogP contribution in [0, 0.1) is 6.92 Å². The Morgan fingerprint density at radius 2 is 2.17 bits per heavy atom. The lowest BCUT2D eigenvalue weighted by Crippen LogP contribution is -2.20. The van der Waals surface area contributed by atoms with E-state index >= 15 is 0 Å². The first-order valence-electron chi connectivity index (χ1n) is 10.1. The Kier molecular flexibility index (Phi) is 4.53. The highest BCUT2D eigenvalue weighted by Crippen LogP contribution is 2.33. The zero-order valence-electron chi connectivity index (χ0n) is 16.6. The number of aromatic amines is 1. The normalized spacial score (nSPS) is 17.7. The van der Waals surface area contributed by atoms with E-state index in [2.05, 4.69) is 39.4 Å². The molecule has 0 aliphatic carbocycles. The maximum Gasteiger partial charge on any atom is 0.262 e. The lowest BCUT2D eigenvalue weighted by molar-refractivity contribution is 0.175. The number of pyridine rings is 1. The van der Waals surface area contributed by atoms with Crippen LogP contribution < -0.4 is 5.56 Å². The molecular formula is C22H24N4O2S. The van der Waals surface area contributed by atoms with Crippen molar-refractivity contribution >= 4 is 33.1 Å². The molecule has 1 fully saturated rings. The Balaban J connectivity index is 1.57. The van der Waals surface area contributed by atoms with E-state index in [1.807, 2.05) is 24.5 Å². The van der Waals surface area contributed by atoms with Crippen LogP contribution in [-0.2, 0) is 13.1 Å². The summed E-state index contributed by atoms with van der Waals surface area (Å²) >= 11 is 1.79. The van der Waals surface area contributed by atoms with E-state index < -0.39 is 0 Å². The predicted octanol–water partition coefficient (Wildman–Crippen LogP) is 3.50. The molecule has 3 aromatic heterocycles. The predicted molar refractivity (Wildman–Crippen MR) is 117 cm³/mol. The first kappa shape index (κ1) is 18.5. The molecule has 7 heteroatoms. The first-order valence-corrected chi connectivity index (χ1v) is 10.9. The average Bonchev–Trinajstić information content (AvgIpc) is 3.43. The molecule has 0 amide bonds. The second-order valence-corrected chi connectivity index (χ2v) is 8.97. The fourth-order valence-electron chi connectivity index (χ4n) is 4.35. The van der Waals surface area contributed by atoms with Gasteiger partial charge in [0.2, 0.25) is 0 Å². The monoisotopic (exact) mass is 408 g/mol. The summed E-state index contributed by atoms with van der Waals surface area (Å²) in [7, 11) is 0. The summed E-state index contributed by atoms with van der Waals surface area (Å²) in [5, 5.41) is 18.8. The minimum absolute atomic E-state index is 0.0141. The van der Waals surface area contributed by atoms with Crippen LogP contribution in [-0.4, -0.2) is 44.0 Å². The second-order valence-electron chi connectivity index (χ2n) is 7.80. The molecule has 0 unspecified atom stereocenters. The summed E-state index contributed by atoms with van der Waals surface area (Å²) in [5.74, 6) is 0. The van der Waals surface area contributed by atoms with E-state index in [4.69, 9.17) is 0 Å². The summed E-state index contributed by atoms with van der Waals surface area (Å²) in [4.78, 5) is 17.7. The second kappa shape index (κ2) is 7.09. The quantitative estimate of drug-likeness (QED) is 0.542. The summed E-state index contributed by atoms with van der Waals surface area (Å²) in [6.07, 6.45) is 0.673. The van der Waals surface area contributed by atoms with E-state index in [1.54, 1.807) is 11.3 Å². The number of rotatable bonds is 4. The van der Waals surface area contributed by atoms with Gasteiger partial charge in [-0.1, -0.05) is 6.07 Å². The standard InChI is InChI=1S/C22H24N4O2S/c1-3-26-18-6-4-14(10-17(18)21-20(22(26)28)13(2)23-24-21)19-7-5-16(29-19)12-25-9-8-15(27)11-25/h4-7,10,15,27H,3,8-9,11-12H2,1-2H3,(H,23,24)/t15-/m0/s1. The van der Waals surface area contributed by atoms with Crippen LogP contribution in [0.15, 0.2) is 35.1 Å². The van der Waals surface area contributed by atoms with Crippen molar-refractivity contribution in [2.75, 3.05) is 13.1 Å². The highest BCUT2D eigenvalue weighted by Gasteiger charge is 2.21. The molecule has 1 aromatic carbocycles. The van der Waals surface area contributed by atoms with Crippen molar-refractivity contribution < 1.29 is 5.11 Å². The Bertz CT molecular complexity index is 1270. The smallest absolute Gasteiger partial charge is 0.262 e. The number of aliphatic hydroxyl groups excluding tert-OH is 1. The summed E-state index contributed by atoms with van der Waals surface area (Å²) in [6, 6.07) is 10.6. The van der Waals surface area contributed by atoms with E-state index in [0.29, 0.717) is 11.9 Å². The molecule has 29 heavy (non-hydrogen) atoms. The van der Waals surface area contributed by atoms with Gasteiger partial charge in [0.05, 0.1) is 17.0 Å². The number of aromatic nitrogens is 3. The molecule has 4 aromatic rings. The van der Waals surface area contributed by atoms with Crippen LogP contribution in [0.2, 0.25) is 0 Å². The maximum absolute atomic E-state index is 12.9. The van der Waals surface area contributed by atoms with Gasteiger partial charge in [-0.3, -0.25) is 14.8 Å². The molecule has 0 radical (unpaired) electrons. The van der Waals surface area contributed by atoms with Gasteiger partial charge in [0, 0.05) is 47.0 Å². The number of hydrogen-bond acceptors (Lipinski definition) is 5. The summed E-state index contributed by atoms with van der Waals surface area (Å²) in [5.41, 5.74) is 3.63. The highest BCUT2D eigenvalue weighted by atomic mass is 32.1. The molecule has 1 saturated heterocycles. The Morgan fingerprint density at radius 3 is 2.93 bits per heavy atom. The lowest BCUT2D eigenvalue weighted by Gasteiger charge is -2.13. The average molecular weight is 409 g/mol. The molecule has 1 aliphatic rings. The lowest BCUT2D eigenvalue weighted by atomic mass is 10.1. The van der Waals surface area contributed by atoms with E-state index in [1.165, 1.54) is 9.75 Å². The van der Waals surface area contributed by atoms with Crippen molar-refractivity contribution in [2.45, 2.75) is 39.5 Å². The van der Waals surface area contributed by atoms with Crippen molar-refractivity contribution in [3.05, 3.63) is 51.3 Å². The molecule has 6 nitrogen and oxygen atoms in total. The van der Waals surface area contributed by atoms with Gasteiger partial charge in [0.1, 0.15) is 5.52 Å². The minimum atomic E-state index is -0.189. The number of likely N-dealkylation sites (tertiary alicyclic amines) is 1. The topological polar surface area (TPSA) is 74.2 Å². The van der Waals surface area contributed by atoms with Gasteiger partial charge < -0.3 is 9.67 Å². The third-order valence-corrected chi connectivity index (χ3v) is 6.96. The van der Waals surface area contributed by atoms with Gasteiger partial charge in [0.25, 0.3) is 5.56 Å².